The minimum absolute atomic E-state index is 0.0736. The minimum atomic E-state index is -1.20. The average molecular weight is 522 g/mol. The summed E-state index contributed by atoms with van der Waals surface area (Å²) in [5, 5.41) is 9.37. The molecule has 0 fully saturated rings. The highest BCUT2D eigenvalue weighted by atomic mass is 35.5. The Labute approximate surface area is 213 Å². The first kappa shape index (κ1) is 26.3. The van der Waals surface area contributed by atoms with Gasteiger partial charge in [0.25, 0.3) is 5.91 Å². The summed E-state index contributed by atoms with van der Waals surface area (Å²) in [6.45, 7) is 0. The second-order valence-electron chi connectivity index (χ2n) is 7.30. The van der Waals surface area contributed by atoms with E-state index in [1.807, 2.05) is 0 Å². The fourth-order valence-corrected chi connectivity index (χ4v) is 3.91. The normalized spacial score (nSPS) is 18.8. The summed E-state index contributed by atoms with van der Waals surface area (Å²) >= 11 is 11.7. The molecule has 0 bridgehead atoms. The molecule has 186 valence electrons. The molecule has 3 rings (SSSR count). The third-order valence-corrected chi connectivity index (χ3v) is 5.71. The molecule has 2 aromatic rings. The van der Waals surface area contributed by atoms with Crippen LogP contribution >= 0.6 is 23.8 Å². The molecule has 1 amide bonds. The van der Waals surface area contributed by atoms with Crippen molar-refractivity contribution < 1.29 is 28.1 Å². The SMILES string of the molecule is COC1=CC(NC(=S)Nc2cc(Cl)c(OC)cc2OC)(OC)C=CC1NC(=O)c1ccccc1F. The number of hydrogen-bond acceptors (Lipinski definition) is 6. The Kier molecular flexibility index (Phi) is 8.55. The molecule has 0 spiro atoms. The standard InChI is InChI=1S/C24H25ClFN3O5S/c1-31-19-12-20(32-2)18(11-15(19)25)28-23(35)29-24(34-4)10-9-17(21(13-24)33-3)27-22(30)14-7-5-6-8-16(14)26/h5-13,17H,1-4H3,(H,27,30)(H2,28,29,35). The lowest BCUT2D eigenvalue weighted by atomic mass is 10.0. The highest BCUT2D eigenvalue weighted by molar-refractivity contribution is 7.80. The summed E-state index contributed by atoms with van der Waals surface area (Å²) < 4.78 is 35.7. The smallest absolute Gasteiger partial charge is 0.255 e. The van der Waals surface area contributed by atoms with Crippen molar-refractivity contribution in [2.45, 2.75) is 11.8 Å². The predicted molar refractivity (Wildman–Crippen MR) is 136 cm³/mol. The molecule has 0 aliphatic heterocycles. The van der Waals surface area contributed by atoms with Gasteiger partial charge in [-0.1, -0.05) is 29.8 Å². The van der Waals surface area contributed by atoms with Crippen LogP contribution in [-0.4, -0.2) is 51.2 Å². The molecule has 3 N–H and O–H groups in total. The van der Waals surface area contributed by atoms with E-state index in [-0.39, 0.29) is 10.7 Å². The maximum atomic E-state index is 14.0. The van der Waals surface area contributed by atoms with Crippen LogP contribution in [0.1, 0.15) is 10.4 Å². The van der Waals surface area contributed by atoms with Crippen molar-refractivity contribution in [2.75, 3.05) is 33.8 Å². The molecular weight excluding hydrogens is 497 g/mol. The fraction of sp³-hybridized carbons (Fsp3) is 0.250. The lowest BCUT2D eigenvalue weighted by molar-refractivity contribution is 0.0538. The van der Waals surface area contributed by atoms with Gasteiger partial charge in [0.15, 0.2) is 10.8 Å². The third kappa shape index (κ3) is 6.02. The lowest BCUT2D eigenvalue weighted by Crippen LogP contribution is -2.51. The van der Waals surface area contributed by atoms with Crippen molar-refractivity contribution in [3.05, 3.63) is 76.8 Å². The molecule has 35 heavy (non-hydrogen) atoms. The van der Waals surface area contributed by atoms with Crippen molar-refractivity contribution in [1.29, 1.82) is 0 Å². The summed E-state index contributed by atoms with van der Waals surface area (Å²) in [7, 11) is 5.94. The van der Waals surface area contributed by atoms with E-state index >= 15 is 0 Å². The van der Waals surface area contributed by atoms with Crippen LogP contribution < -0.4 is 25.4 Å². The van der Waals surface area contributed by atoms with Gasteiger partial charge in [-0.15, -0.1) is 0 Å². The molecule has 1 aliphatic carbocycles. The predicted octanol–water partition coefficient (Wildman–Crippen LogP) is 4.02. The Bertz CT molecular complexity index is 1180. The highest BCUT2D eigenvalue weighted by Crippen LogP contribution is 2.36. The number of halogens is 2. The Morgan fingerprint density at radius 2 is 1.80 bits per heavy atom. The maximum absolute atomic E-state index is 14.0. The molecule has 11 heteroatoms. The van der Waals surface area contributed by atoms with Crippen LogP contribution in [0.3, 0.4) is 0 Å². The van der Waals surface area contributed by atoms with Crippen LogP contribution in [0.15, 0.2) is 60.4 Å². The number of carbonyl (C=O) groups is 1. The van der Waals surface area contributed by atoms with Gasteiger partial charge < -0.3 is 34.9 Å². The number of benzene rings is 2. The number of methoxy groups -OCH3 is 4. The molecule has 2 unspecified atom stereocenters. The summed E-state index contributed by atoms with van der Waals surface area (Å²) in [6, 6.07) is 8.31. The van der Waals surface area contributed by atoms with Crippen molar-refractivity contribution in [3.63, 3.8) is 0 Å². The van der Waals surface area contributed by atoms with Crippen molar-refractivity contribution in [1.82, 2.24) is 10.6 Å². The Morgan fingerprint density at radius 1 is 1.09 bits per heavy atom. The molecule has 1 aliphatic rings. The van der Waals surface area contributed by atoms with Gasteiger partial charge in [0, 0.05) is 19.3 Å². The zero-order valence-electron chi connectivity index (χ0n) is 19.5. The average Bonchev–Trinajstić information content (AvgIpc) is 2.85. The van der Waals surface area contributed by atoms with Gasteiger partial charge in [-0.25, -0.2) is 4.39 Å². The van der Waals surface area contributed by atoms with E-state index in [2.05, 4.69) is 16.0 Å². The molecule has 0 radical (unpaired) electrons. The first-order valence-electron chi connectivity index (χ1n) is 10.3. The van der Waals surface area contributed by atoms with E-state index in [1.165, 1.54) is 46.6 Å². The van der Waals surface area contributed by atoms with Crippen molar-refractivity contribution in [3.8, 4) is 11.5 Å². The summed E-state index contributed by atoms with van der Waals surface area (Å²) in [4.78, 5) is 12.6. The van der Waals surface area contributed by atoms with Crippen LogP contribution in [0.2, 0.25) is 5.02 Å². The van der Waals surface area contributed by atoms with Gasteiger partial charge in [0.05, 0.1) is 37.6 Å². The topological polar surface area (TPSA) is 90.1 Å². The molecule has 2 atom stereocenters. The van der Waals surface area contributed by atoms with E-state index in [0.29, 0.717) is 28.0 Å². The maximum Gasteiger partial charge on any atom is 0.255 e. The van der Waals surface area contributed by atoms with Gasteiger partial charge in [-0.05, 0) is 36.5 Å². The molecule has 0 heterocycles. The summed E-state index contributed by atoms with van der Waals surface area (Å²) in [5.74, 6) is 0.0718. The molecule has 0 saturated heterocycles. The monoisotopic (exact) mass is 521 g/mol. The largest absolute Gasteiger partial charge is 0.499 e. The second kappa shape index (κ2) is 11.4. The van der Waals surface area contributed by atoms with Crippen molar-refractivity contribution in [2.24, 2.45) is 0 Å². The third-order valence-electron chi connectivity index (χ3n) is 5.21. The van der Waals surface area contributed by atoms with Crippen LogP contribution in [0.4, 0.5) is 10.1 Å². The molecule has 0 saturated carbocycles. The number of carbonyl (C=O) groups excluding carboxylic acids is 1. The number of hydrogen-bond donors (Lipinski definition) is 3. The Balaban J connectivity index is 1.76. The van der Waals surface area contributed by atoms with E-state index in [1.54, 1.807) is 36.4 Å². The van der Waals surface area contributed by atoms with Crippen LogP contribution in [0, 0.1) is 5.82 Å². The number of rotatable bonds is 8. The number of amides is 1. The zero-order valence-corrected chi connectivity index (χ0v) is 21.1. The Morgan fingerprint density at radius 3 is 2.43 bits per heavy atom. The number of ether oxygens (including phenoxy) is 4. The van der Waals surface area contributed by atoms with Crippen molar-refractivity contribution >= 4 is 40.5 Å². The van der Waals surface area contributed by atoms with E-state index < -0.39 is 23.5 Å². The first-order valence-corrected chi connectivity index (χ1v) is 11.1. The zero-order chi connectivity index (χ0) is 25.6. The van der Waals surface area contributed by atoms with Gasteiger partial charge in [0.1, 0.15) is 29.1 Å². The van der Waals surface area contributed by atoms with E-state index in [4.69, 9.17) is 42.8 Å². The number of anilines is 1. The summed E-state index contributed by atoms with van der Waals surface area (Å²) in [6.07, 6.45) is 4.93. The first-order chi connectivity index (χ1) is 16.8. The summed E-state index contributed by atoms with van der Waals surface area (Å²) in [5.41, 5.74) is -0.763. The molecular formula is C24H25ClFN3O5S. The van der Waals surface area contributed by atoms with Gasteiger partial charge >= 0.3 is 0 Å². The molecule has 2 aromatic carbocycles. The van der Waals surface area contributed by atoms with E-state index in [9.17, 15) is 9.18 Å². The fourth-order valence-electron chi connectivity index (χ4n) is 3.40. The van der Waals surface area contributed by atoms with Crippen LogP contribution in [0.5, 0.6) is 11.5 Å². The minimum Gasteiger partial charge on any atom is -0.499 e. The highest BCUT2D eigenvalue weighted by Gasteiger charge is 2.33. The Hall–Kier alpha value is -3.34. The molecule has 8 nitrogen and oxygen atoms in total. The van der Waals surface area contributed by atoms with E-state index in [0.717, 1.165) is 0 Å². The van der Waals surface area contributed by atoms with Crippen LogP contribution in [-0.2, 0) is 9.47 Å². The lowest BCUT2D eigenvalue weighted by Gasteiger charge is -2.34. The van der Waals surface area contributed by atoms with Crippen LogP contribution in [0.25, 0.3) is 0 Å². The quantitative estimate of drug-likeness (QED) is 0.273. The van der Waals surface area contributed by atoms with Gasteiger partial charge in [-0.2, -0.15) is 0 Å². The second-order valence-corrected chi connectivity index (χ2v) is 8.12. The number of thiocarbonyl (C=S) groups is 1. The molecule has 0 aromatic heterocycles. The number of nitrogens with one attached hydrogen (secondary N) is 3. The van der Waals surface area contributed by atoms with Gasteiger partial charge in [-0.3, -0.25) is 4.79 Å². The van der Waals surface area contributed by atoms with Gasteiger partial charge in [0.2, 0.25) is 0 Å².